The summed E-state index contributed by atoms with van der Waals surface area (Å²) < 4.78 is 4.17. The standard InChI is InChI=1S/C16H21N5O/c1-10-3-8-13(20(10)2)16(22)17-9-14-18-19-15(11-4-5-11)21(14)12-6-7-12/h3,8,11-12H,4-7,9H2,1-2H3,(H,17,22). The molecule has 0 aliphatic heterocycles. The van der Waals surface area contributed by atoms with E-state index in [4.69, 9.17) is 0 Å². The first-order valence-corrected chi connectivity index (χ1v) is 7.99. The molecule has 2 heterocycles. The van der Waals surface area contributed by atoms with Gasteiger partial charge in [0.25, 0.3) is 5.91 Å². The second kappa shape index (κ2) is 4.97. The van der Waals surface area contributed by atoms with Gasteiger partial charge in [-0.2, -0.15) is 0 Å². The molecule has 6 heteroatoms. The van der Waals surface area contributed by atoms with Crippen molar-refractivity contribution in [1.29, 1.82) is 0 Å². The zero-order chi connectivity index (χ0) is 15.3. The second-order valence-electron chi connectivity index (χ2n) is 6.45. The van der Waals surface area contributed by atoms with E-state index in [0.29, 0.717) is 24.2 Å². The highest BCUT2D eigenvalue weighted by atomic mass is 16.1. The first kappa shape index (κ1) is 13.5. The second-order valence-corrected chi connectivity index (χ2v) is 6.45. The van der Waals surface area contributed by atoms with Crippen molar-refractivity contribution in [3.8, 4) is 0 Å². The lowest BCUT2D eigenvalue weighted by Gasteiger charge is -2.10. The fourth-order valence-corrected chi connectivity index (χ4v) is 2.90. The van der Waals surface area contributed by atoms with E-state index in [0.717, 1.165) is 17.3 Å². The van der Waals surface area contributed by atoms with E-state index in [1.165, 1.54) is 25.7 Å². The first-order valence-electron chi connectivity index (χ1n) is 7.99. The summed E-state index contributed by atoms with van der Waals surface area (Å²) in [5, 5.41) is 11.7. The molecule has 6 nitrogen and oxygen atoms in total. The third-order valence-corrected chi connectivity index (χ3v) is 4.66. The van der Waals surface area contributed by atoms with Crippen LogP contribution in [0.4, 0.5) is 0 Å². The number of nitrogens with zero attached hydrogens (tertiary/aromatic N) is 4. The van der Waals surface area contributed by atoms with Crippen LogP contribution in [0.15, 0.2) is 12.1 Å². The monoisotopic (exact) mass is 299 g/mol. The van der Waals surface area contributed by atoms with Crippen molar-refractivity contribution in [1.82, 2.24) is 24.6 Å². The van der Waals surface area contributed by atoms with E-state index in [2.05, 4.69) is 20.1 Å². The average Bonchev–Trinajstić information content (AvgIpc) is 3.43. The molecule has 0 unspecified atom stereocenters. The summed E-state index contributed by atoms with van der Waals surface area (Å²) in [6, 6.07) is 4.36. The summed E-state index contributed by atoms with van der Waals surface area (Å²) in [7, 11) is 1.90. The van der Waals surface area contributed by atoms with E-state index < -0.39 is 0 Å². The molecule has 1 amide bonds. The quantitative estimate of drug-likeness (QED) is 0.919. The van der Waals surface area contributed by atoms with Gasteiger partial charge in [0.05, 0.1) is 6.54 Å². The number of hydrogen-bond acceptors (Lipinski definition) is 3. The van der Waals surface area contributed by atoms with E-state index >= 15 is 0 Å². The molecule has 2 aliphatic rings. The van der Waals surface area contributed by atoms with Gasteiger partial charge in [0.1, 0.15) is 11.5 Å². The lowest BCUT2D eigenvalue weighted by Crippen LogP contribution is -2.26. The van der Waals surface area contributed by atoms with Crippen molar-refractivity contribution in [3.63, 3.8) is 0 Å². The molecule has 116 valence electrons. The van der Waals surface area contributed by atoms with Crippen LogP contribution < -0.4 is 5.32 Å². The number of hydrogen-bond donors (Lipinski definition) is 1. The van der Waals surface area contributed by atoms with Gasteiger partial charge in [-0.3, -0.25) is 4.79 Å². The zero-order valence-electron chi connectivity index (χ0n) is 13.0. The maximum Gasteiger partial charge on any atom is 0.268 e. The SMILES string of the molecule is Cc1ccc(C(=O)NCc2nnc(C3CC3)n2C2CC2)n1C. The summed E-state index contributed by atoms with van der Waals surface area (Å²) in [5.41, 5.74) is 1.75. The zero-order valence-corrected chi connectivity index (χ0v) is 13.0. The number of aromatic nitrogens is 4. The van der Waals surface area contributed by atoms with Crippen LogP contribution in [-0.4, -0.2) is 25.2 Å². The summed E-state index contributed by atoms with van der Waals surface area (Å²) in [6.07, 6.45) is 4.85. The lowest BCUT2D eigenvalue weighted by atomic mass is 10.3. The van der Waals surface area contributed by atoms with Crippen LogP contribution in [0.3, 0.4) is 0 Å². The molecule has 0 saturated heterocycles. The first-order chi connectivity index (χ1) is 10.6. The number of aryl methyl sites for hydroxylation is 1. The Hall–Kier alpha value is -2.11. The van der Waals surface area contributed by atoms with Gasteiger partial charge in [0, 0.05) is 24.7 Å². The van der Waals surface area contributed by atoms with Crippen molar-refractivity contribution in [2.45, 2.75) is 51.1 Å². The van der Waals surface area contributed by atoms with Crippen molar-refractivity contribution in [2.75, 3.05) is 0 Å². The summed E-state index contributed by atoms with van der Waals surface area (Å²) in [6.45, 7) is 2.43. The van der Waals surface area contributed by atoms with E-state index in [1.54, 1.807) is 0 Å². The minimum atomic E-state index is -0.0612. The maximum absolute atomic E-state index is 12.3. The summed E-state index contributed by atoms with van der Waals surface area (Å²) in [5.74, 6) is 2.55. The molecule has 0 radical (unpaired) electrons. The number of carbonyl (C=O) groups excluding carboxylic acids is 1. The van der Waals surface area contributed by atoms with Gasteiger partial charge in [-0.25, -0.2) is 0 Å². The van der Waals surface area contributed by atoms with Crippen molar-refractivity contribution < 1.29 is 4.79 Å². The fraction of sp³-hybridized carbons (Fsp3) is 0.562. The minimum absolute atomic E-state index is 0.0612. The van der Waals surface area contributed by atoms with Crippen LogP contribution in [0.5, 0.6) is 0 Å². The number of rotatable bonds is 5. The molecule has 2 aliphatic carbocycles. The topological polar surface area (TPSA) is 64.7 Å². The van der Waals surface area contributed by atoms with Crippen LogP contribution in [0, 0.1) is 6.92 Å². The van der Waals surface area contributed by atoms with Crippen LogP contribution in [0.2, 0.25) is 0 Å². The highest BCUT2D eigenvalue weighted by molar-refractivity contribution is 5.92. The van der Waals surface area contributed by atoms with Crippen molar-refractivity contribution in [3.05, 3.63) is 35.2 Å². The van der Waals surface area contributed by atoms with Gasteiger partial charge in [-0.1, -0.05) is 0 Å². The Bertz CT molecular complexity index is 721. The highest BCUT2D eigenvalue weighted by Crippen LogP contribution is 2.44. The molecule has 0 aromatic carbocycles. The molecule has 2 aromatic rings. The third-order valence-electron chi connectivity index (χ3n) is 4.66. The van der Waals surface area contributed by atoms with Crippen LogP contribution in [0.1, 0.15) is 65.5 Å². The van der Waals surface area contributed by atoms with Gasteiger partial charge < -0.3 is 14.5 Å². The number of carbonyl (C=O) groups is 1. The molecule has 0 spiro atoms. The molecule has 2 saturated carbocycles. The Morgan fingerprint density at radius 3 is 2.64 bits per heavy atom. The summed E-state index contributed by atoms with van der Waals surface area (Å²) in [4.78, 5) is 12.3. The third kappa shape index (κ3) is 2.32. The van der Waals surface area contributed by atoms with E-state index in [1.807, 2.05) is 30.7 Å². The lowest BCUT2D eigenvalue weighted by molar-refractivity contribution is 0.0941. The van der Waals surface area contributed by atoms with Crippen LogP contribution in [-0.2, 0) is 13.6 Å². The Labute approximate surface area is 129 Å². The molecular weight excluding hydrogens is 278 g/mol. The molecular formula is C16H21N5O. The van der Waals surface area contributed by atoms with Crippen molar-refractivity contribution in [2.24, 2.45) is 7.05 Å². The van der Waals surface area contributed by atoms with Gasteiger partial charge in [0.15, 0.2) is 5.82 Å². The summed E-state index contributed by atoms with van der Waals surface area (Å²) >= 11 is 0. The van der Waals surface area contributed by atoms with Crippen molar-refractivity contribution >= 4 is 5.91 Å². The maximum atomic E-state index is 12.3. The minimum Gasteiger partial charge on any atom is -0.344 e. The Morgan fingerprint density at radius 2 is 2.05 bits per heavy atom. The number of nitrogens with one attached hydrogen (secondary N) is 1. The van der Waals surface area contributed by atoms with Gasteiger partial charge >= 0.3 is 0 Å². The predicted octanol–water partition coefficient (Wildman–Crippen LogP) is 2.07. The Morgan fingerprint density at radius 1 is 1.27 bits per heavy atom. The molecule has 4 rings (SSSR count). The fourth-order valence-electron chi connectivity index (χ4n) is 2.90. The van der Waals surface area contributed by atoms with Crippen LogP contribution in [0.25, 0.3) is 0 Å². The molecule has 0 atom stereocenters. The Kier molecular flexibility index (Phi) is 3.06. The molecule has 0 bridgehead atoms. The van der Waals surface area contributed by atoms with E-state index in [9.17, 15) is 4.79 Å². The smallest absolute Gasteiger partial charge is 0.268 e. The highest BCUT2D eigenvalue weighted by Gasteiger charge is 2.36. The predicted molar refractivity (Wildman–Crippen MR) is 81.6 cm³/mol. The molecule has 2 aromatic heterocycles. The van der Waals surface area contributed by atoms with Crippen LogP contribution >= 0.6 is 0 Å². The van der Waals surface area contributed by atoms with Gasteiger partial charge in [-0.05, 0) is 44.7 Å². The Balaban J connectivity index is 1.50. The largest absolute Gasteiger partial charge is 0.344 e. The van der Waals surface area contributed by atoms with Gasteiger partial charge in [0.2, 0.25) is 0 Å². The molecule has 2 fully saturated rings. The average molecular weight is 299 g/mol. The number of amides is 1. The van der Waals surface area contributed by atoms with Gasteiger partial charge in [-0.15, -0.1) is 10.2 Å². The normalized spacial score (nSPS) is 17.7. The molecule has 22 heavy (non-hydrogen) atoms. The van der Waals surface area contributed by atoms with E-state index in [-0.39, 0.29) is 5.91 Å². The molecule has 1 N–H and O–H groups in total.